The van der Waals surface area contributed by atoms with Crippen molar-refractivity contribution >= 4 is 39.5 Å². The minimum absolute atomic E-state index is 0.105. The molecule has 546 valence electrons. The van der Waals surface area contributed by atoms with Crippen molar-refractivity contribution in [1.29, 1.82) is 0 Å². The van der Waals surface area contributed by atoms with Gasteiger partial charge in [0.25, 0.3) is 0 Å². The molecule has 19 heteroatoms. The lowest BCUT2D eigenvalue weighted by Gasteiger charge is -2.21. The van der Waals surface area contributed by atoms with Gasteiger partial charge >= 0.3 is 39.5 Å². The van der Waals surface area contributed by atoms with E-state index in [0.717, 1.165) is 95.8 Å². The highest BCUT2D eigenvalue weighted by Gasteiger charge is 2.30. The third kappa shape index (κ3) is 66.7. The van der Waals surface area contributed by atoms with E-state index in [4.69, 9.17) is 37.0 Å². The normalized spacial score (nSPS) is 14.0. The fraction of sp³-hybridized carbons (Fsp3) is 0.945. The fourth-order valence-corrected chi connectivity index (χ4v) is 12.8. The molecular formula is C73H142O17P2. The van der Waals surface area contributed by atoms with E-state index in [9.17, 15) is 43.2 Å². The first kappa shape index (κ1) is 90.1. The van der Waals surface area contributed by atoms with Gasteiger partial charge in [-0.15, -0.1) is 0 Å². The van der Waals surface area contributed by atoms with Gasteiger partial charge in [0.2, 0.25) is 0 Å². The summed E-state index contributed by atoms with van der Waals surface area (Å²) < 4.78 is 68.4. The van der Waals surface area contributed by atoms with Crippen LogP contribution < -0.4 is 0 Å². The molecule has 0 aliphatic heterocycles. The molecular weight excluding hydrogens is 1210 g/mol. The highest BCUT2D eigenvalue weighted by molar-refractivity contribution is 7.47. The zero-order valence-corrected chi connectivity index (χ0v) is 61.5. The van der Waals surface area contributed by atoms with Gasteiger partial charge in [0.15, 0.2) is 12.2 Å². The van der Waals surface area contributed by atoms with Crippen molar-refractivity contribution in [1.82, 2.24) is 0 Å². The lowest BCUT2D eigenvalue weighted by Crippen LogP contribution is -2.30. The van der Waals surface area contributed by atoms with Crippen LogP contribution in [-0.4, -0.2) is 96.7 Å². The van der Waals surface area contributed by atoms with Crippen LogP contribution in [0.1, 0.15) is 381 Å². The molecule has 0 fully saturated rings. The number of unbranched alkanes of at least 4 members (excludes halogenated alkanes) is 45. The van der Waals surface area contributed by atoms with Gasteiger partial charge in [0.05, 0.1) is 26.4 Å². The Bertz CT molecular complexity index is 1770. The standard InChI is InChI=1S/C73H142O17P2/c1-6-9-12-15-18-21-24-26-28-29-31-34-37-43-48-53-58-72(77)89-68(62-84-71(76)57-52-47-42-36-33-30-27-25-22-19-16-13-10-7-2)64-87-91(79,80)85-60-67(74)61-86-92(81,82)88-65-69(90-73(78)59-54-49-44-39-38-40-45-50-55-66(4)5)63-83-70(75)56-51-46-41-35-32-23-20-17-14-11-8-3/h66-69,74H,6-65H2,1-5H3,(H,79,80)(H,81,82)/t67-,68-,69-/m1/s1. The first-order chi connectivity index (χ1) is 44.5. The number of aliphatic hydroxyl groups excluding tert-OH is 1. The van der Waals surface area contributed by atoms with Crippen LogP contribution in [0.15, 0.2) is 0 Å². The monoisotopic (exact) mass is 1350 g/mol. The van der Waals surface area contributed by atoms with Crippen molar-refractivity contribution in [2.24, 2.45) is 5.92 Å². The fourth-order valence-electron chi connectivity index (χ4n) is 11.2. The second-order valence-electron chi connectivity index (χ2n) is 26.8. The number of rotatable bonds is 73. The average Bonchev–Trinajstić information content (AvgIpc) is 1.64. The molecule has 0 spiro atoms. The number of phosphoric acid groups is 2. The molecule has 0 aromatic rings. The Labute approximate surface area is 562 Å². The van der Waals surface area contributed by atoms with Gasteiger partial charge in [0, 0.05) is 25.7 Å². The molecule has 17 nitrogen and oxygen atoms in total. The molecule has 2 unspecified atom stereocenters. The summed E-state index contributed by atoms with van der Waals surface area (Å²) in [5, 5.41) is 10.6. The second kappa shape index (κ2) is 66.3. The molecule has 0 saturated heterocycles. The zero-order valence-electron chi connectivity index (χ0n) is 59.7. The van der Waals surface area contributed by atoms with Crippen molar-refractivity contribution in [2.75, 3.05) is 39.6 Å². The van der Waals surface area contributed by atoms with Gasteiger partial charge in [-0.3, -0.25) is 37.3 Å². The summed E-state index contributed by atoms with van der Waals surface area (Å²) in [6.07, 6.45) is 54.0. The Morgan fingerprint density at radius 2 is 0.500 bits per heavy atom. The Balaban J connectivity index is 5.24. The van der Waals surface area contributed by atoms with Crippen LogP contribution in [0, 0.1) is 5.92 Å². The summed E-state index contributed by atoms with van der Waals surface area (Å²) in [6.45, 7) is 7.23. The molecule has 0 amide bonds. The Morgan fingerprint density at radius 1 is 0.293 bits per heavy atom. The van der Waals surface area contributed by atoms with E-state index < -0.39 is 97.5 Å². The molecule has 5 atom stereocenters. The Kier molecular flexibility index (Phi) is 64.9. The van der Waals surface area contributed by atoms with Gasteiger partial charge in [-0.25, -0.2) is 9.13 Å². The van der Waals surface area contributed by atoms with E-state index in [1.54, 1.807) is 0 Å². The molecule has 0 heterocycles. The van der Waals surface area contributed by atoms with Crippen molar-refractivity contribution in [3.05, 3.63) is 0 Å². The van der Waals surface area contributed by atoms with Crippen LogP contribution in [0.2, 0.25) is 0 Å². The summed E-state index contributed by atoms with van der Waals surface area (Å²) in [6, 6.07) is 0. The minimum Gasteiger partial charge on any atom is -0.462 e. The lowest BCUT2D eigenvalue weighted by molar-refractivity contribution is -0.161. The summed E-state index contributed by atoms with van der Waals surface area (Å²) in [4.78, 5) is 72.7. The molecule has 0 aliphatic rings. The van der Waals surface area contributed by atoms with Crippen LogP contribution in [-0.2, 0) is 65.4 Å². The summed E-state index contributed by atoms with van der Waals surface area (Å²) in [5.41, 5.74) is 0. The summed E-state index contributed by atoms with van der Waals surface area (Å²) in [5.74, 6) is -1.40. The Hall–Kier alpha value is -1.94. The predicted octanol–water partition coefficient (Wildman–Crippen LogP) is 21.3. The van der Waals surface area contributed by atoms with E-state index in [2.05, 4.69) is 34.6 Å². The second-order valence-corrected chi connectivity index (χ2v) is 29.7. The number of carbonyl (C=O) groups is 4. The molecule has 0 radical (unpaired) electrons. The third-order valence-corrected chi connectivity index (χ3v) is 18.9. The van der Waals surface area contributed by atoms with E-state index in [-0.39, 0.29) is 25.7 Å². The molecule has 0 rings (SSSR count). The number of esters is 4. The lowest BCUT2D eigenvalue weighted by atomic mass is 10.0. The maximum Gasteiger partial charge on any atom is 0.472 e. The number of phosphoric ester groups is 2. The first-order valence-electron chi connectivity index (χ1n) is 38.1. The SMILES string of the molecule is CCCCCCCCCCCCCCCCCCC(=O)O[C@H](COC(=O)CCCCCCCCCCCCCCCC)COP(=O)(O)OC[C@@H](O)COP(=O)(O)OC[C@@H](COC(=O)CCCCCCCCCCCCC)OC(=O)CCCCCCCCCCC(C)C. The highest BCUT2D eigenvalue weighted by atomic mass is 31.2. The van der Waals surface area contributed by atoms with Crippen LogP contribution in [0.3, 0.4) is 0 Å². The third-order valence-electron chi connectivity index (χ3n) is 17.0. The number of hydrogen-bond donors (Lipinski definition) is 3. The van der Waals surface area contributed by atoms with E-state index >= 15 is 0 Å². The van der Waals surface area contributed by atoms with Gasteiger partial charge in [-0.05, 0) is 31.6 Å². The first-order valence-corrected chi connectivity index (χ1v) is 41.1. The van der Waals surface area contributed by atoms with Gasteiger partial charge in [-0.2, -0.15) is 0 Å². The zero-order chi connectivity index (χ0) is 67.7. The number of hydrogen-bond acceptors (Lipinski definition) is 15. The largest absolute Gasteiger partial charge is 0.472 e. The van der Waals surface area contributed by atoms with Crippen molar-refractivity contribution in [2.45, 2.75) is 400 Å². The maximum absolute atomic E-state index is 13.1. The van der Waals surface area contributed by atoms with Gasteiger partial charge in [-0.1, -0.05) is 330 Å². The van der Waals surface area contributed by atoms with E-state index in [0.29, 0.717) is 25.7 Å². The van der Waals surface area contributed by atoms with Crippen LogP contribution in [0.25, 0.3) is 0 Å². The molecule has 92 heavy (non-hydrogen) atoms. The molecule has 0 aromatic carbocycles. The molecule has 3 N–H and O–H groups in total. The minimum atomic E-state index is -4.95. The van der Waals surface area contributed by atoms with E-state index in [1.165, 1.54) is 205 Å². The van der Waals surface area contributed by atoms with Crippen LogP contribution in [0.5, 0.6) is 0 Å². The summed E-state index contributed by atoms with van der Waals surface area (Å²) in [7, 11) is -9.90. The Morgan fingerprint density at radius 3 is 0.739 bits per heavy atom. The smallest absolute Gasteiger partial charge is 0.462 e. The molecule has 0 aliphatic carbocycles. The average molecular weight is 1350 g/mol. The maximum atomic E-state index is 13.1. The van der Waals surface area contributed by atoms with Gasteiger partial charge < -0.3 is 33.8 Å². The number of carbonyl (C=O) groups excluding carboxylic acids is 4. The van der Waals surface area contributed by atoms with E-state index in [1.807, 2.05) is 0 Å². The van der Waals surface area contributed by atoms with Crippen LogP contribution in [0.4, 0.5) is 0 Å². The van der Waals surface area contributed by atoms with Crippen molar-refractivity contribution in [3.8, 4) is 0 Å². The van der Waals surface area contributed by atoms with Crippen molar-refractivity contribution in [3.63, 3.8) is 0 Å². The number of ether oxygens (including phenoxy) is 4. The quantitative estimate of drug-likeness (QED) is 0.0222. The van der Waals surface area contributed by atoms with Crippen LogP contribution >= 0.6 is 15.6 Å². The van der Waals surface area contributed by atoms with Gasteiger partial charge in [0.1, 0.15) is 19.3 Å². The van der Waals surface area contributed by atoms with Crippen molar-refractivity contribution < 1.29 is 80.2 Å². The topological polar surface area (TPSA) is 237 Å². The predicted molar refractivity (Wildman–Crippen MR) is 372 cm³/mol. The summed E-state index contributed by atoms with van der Waals surface area (Å²) >= 11 is 0. The molecule has 0 bridgehead atoms. The molecule has 0 saturated carbocycles. The highest BCUT2D eigenvalue weighted by Crippen LogP contribution is 2.45. The molecule has 0 aromatic heterocycles. The number of aliphatic hydroxyl groups is 1.